The fourth-order valence-corrected chi connectivity index (χ4v) is 0.788. The molecular formula is C9H15N3O. The van der Waals surface area contributed by atoms with E-state index < -0.39 is 0 Å². The van der Waals surface area contributed by atoms with Crippen molar-refractivity contribution < 1.29 is 5.11 Å². The molecule has 0 fully saturated rings. The number of anilines is 1. The molecule has 0 aliphatic rings. The summed E-state index contributed by atoms with van der Waals surface area (Å²) in [7, 11) is 0. The molecule has 0 unspecified atom stereocenters. The number of aromatic nitrogens is 2. The van der Waals surface area contributed by atoms with Crippen LogP contribution in [0.3, 0.4) is 0 Å². The molecule has 1 aromatic rings. The molecule has 1 heterocycles. The molecular weight excluding hydrogens is 166 g/mol. The van der Waals surface area contributed by atoms with Crippen LogP contribution in [0.5, 0.6) is 0 Å². The third-order valence-electron chi connectivity index (χ3n) is 1.76. The lowest BCUT2D eigenvalue weighted by molar-refractivity contribution is 0.171. The highest BCUT2D eigenvalue weighted by Crippen LogP contribution is 2.14. The van der Waals surface area contributed by atoms with Crippen molar-refractivity contribution in [3.8, 4) is 0 Å². The zero-order chi connectivity index (χ0) is 9.73. The van der Waals surface area contributed by atoms with E-state index in [1.165, 1.54) is 6.33 Å². The first-order chi connectivity index (χ1) is 6.14. The van der Waals surface area contributed by atoms with Crippen molar-refractivity contribution in [2.24, 2.45) is 5.41 Å². The first-order valence-corrected chi connectivity index (χ1v) is 4.24. The SMILES string of the molecule is CC(C)(CO)CNc1cncnc1. The van der Waals surface area contributed by atoms with E-state index in [4.69, 9.17) is 5.11 Å². The lowest BCUT2D eigenvalue weighted by atomic mass is 9.95. The van der Waals surface area contributed by atoms with Gasteiger partial charge in [0, 0.05) is 18.6 Å². The number of nitrogens with zero attached hydrogens (tertiary/aromatic N) is 2. The molecule has 4 heteroatoms. The van der Waals surface area contributed by atoms with Crippen LogP contribution < -0.4 is 5.32 Å². The normalized spacial score (nSPS) is 11.3. The minimum Gasteiger partial charge on any atom is -0.396 e. The average Bonchev–Trinajstić information content (AvgIpc) is 2.17. The Morgan fingerprint density at radius 1 is 1.38 bits per heavy atom. The van der Waals surface area contributed by atoms with Crippen molar-refractivity contribution in [1.29, 1.82) is 0 Å². The molecule has 0 aliphatic carbocycles. The first kappa shape index (κ1) is 9.92. The Hall–Kier alpha value is -1.16. The summed E-state index contributed by atoms with van der Waals surface area (Å²) in [5.74, 6) is 0. The van der Waals surface area contributed by atoms with Crippen LogP contribution in [0.1, 0.15) is 13.8 Å². The number of rotatable bonds is 4. The summed E-state index contributed by atoms with van der Waals surface area (Å²) in [6, 6.07) is 0. The van der Waals surface area contributed by atoms with E-state index >= 15 is 0 Å². The lowest BCUT2D eigenvalue weighted by Crippen LogP contribution is -2.26. The van der Waals surface area contributed by atoms with Gasteiger partial charge >= 0.3 is 0 Å². The second-order valence-electron chi connectivity index (χ2n) is 3.80. The Balaban J connectivity index is 2.44. The van der Waals surface area contributed by atoms with Crippen molar-refractivity contribution in [2.75, 3.05) is 18.5 Å². The summed E-state index contributed by atoms with van der Waals surface area (Å²) in [6.45, 7) is 4.85. The maximum Gasteiger partial charge on any atom is 0.115 e. The number of hydrogen-bond donors (Lipinski definition) is 2. The van der Waals surface area contributed by atoms with Crippen molar-refractivity contribution in [1.82, 2.24) is 9.97 Å². The van der Waals surface area contributed by atoms with Gasteiger partial charge in [-0.05, 0) is 0 Å². The molecule has 0 atom stereocenters. The average molecular weight is 181 g/mol. The second kappa shape index (κ2) is 4.18. The van der Waals surface area contributed by atoms with E-state index in [0.29, 0.717) is 6.54 Å². The largest absolute Gasteiger partial charge is 0.396 e. The molecule has 0 amide bonds. The van der Waals surface area contributed by atoms with E-state index in [9.17, 15) is 0 Å². The van der Waals surface area contributed by atoms with Crippen LogP contribution in [0.4, 0.5) is 5.69 Å². The van der Waals surface area contributed by atoms with Gasteiger partial charge in [-0.1, -0.05) is 13.8 Å². The van der Waals surface area contributed by atoms with Gasteiger partial charge in [-0.3, -0.25) is 0 Å². The maximum atomic E-state index is 9.00. The predicted molar refractivity (Wildman–Crippen MR) is 51.4 cm³/mol. The third-order valence-corrected chi connectivity index (χ3v) is 1.76. The summed E-state index contributed by atoms with van der Waals surface area (Å²) >= 11 is 0. The predicted octanol–water partition coefficient (Wildman–Crippen LogP) is 0.907. The molecule has 0 saturated heterocycles. The molecule has 1 aromatic heterocycles. The van der Waals surface area contributed by atoms with Crippen molar-refractivity contribution >= 4 is 5.69 Å². The fourth-order valence-electron chi connectivity index (χ4n) is 0.788. The standard InChI is InChI=1S/C9H15N3O/c1-9(2,6-13)5-12-8-3-10-7-11-4-8/h3-4,7,12-13H,5-6H2,1-2H3. The van der Waals surface area contributed by atoms with Gasteiger partial charge in [-0.25, -0.2) is 9.97 Å². The van der Waals surface area contributed by atoms with Gasteiger partial charge in [0.25, 0.3) is 0 Å². The molecule has 72 valence electrons. The zero-order valence-corrected chi connectivity index (χ0v) is 7.99. The number of aliphatic hydroxyl groups excluding tert-OH is 1. The topological polar surface area (TPSA) is 58.0 Å². The van der Waals surface area contributed by atoms with Crippen molar-refractivity contribution in [3.63, 3.8) is 0 Å². The summed E-state index contributed by atoms with van der Waals surface area (Å²) < 4.78 is 0. The molecule has 0 saturated carbocycles. The van der Waals surface area contributed by atoms with Crippen LogP contribution in [0, 0.1) is 5.41 Å². The van der Waals surface area contributed by atoms with Gasteiger partial charge in [0.2, 0.25) is 0 Å². The molecule has 0 spiro atoms. The molecule has 4 nitrogen and oxygen atoms in total. The van der Waals surface area contributed by atoms with E-state index in [1.807, 2.05) is 13.8 Å². The van der Waals surface area contributed by atoms with Crippen LogP contribution >= 0.6 is 0 Å². The number of hydrogen-bond acceptors (Lipinski definition) is 4. The number of nitrogens with one attached hydrogen (secondary N) is 1. The van der Waals surface area contributed by atoms with Crippen LogP contribution in [-0.2, 0) is 0 Å². The Morgan fingerprint density at radius 2 is 2.00 bits per heavy atom. The molecule has 2 N–H and O–H groups in total. The van der Waals surface area contributed by atoms with Crippen molar-refractivity contribution in [2.45, 2.75) is 13.8 Å². The molecule has 0 aromatic carbocycles. The van der Waals surface area contributed by atoms with E-state index in [0.717, 1.165) is 5.69 Å². The summed E-state index contributed by atoms with van der Waals surface area (Å²) in [5, 5.41) is 12.2. The summed E-state index contributed by atoms with van der Waals surface area (Å²) in [4.78, 5) is 7.75. The number of aliphatic hydroxyl groups is 1. The highest BCUT2D eigenvalue weighted by Gasteiger charge is 2.15. The van der Waals surface area contributed by atoms with Crippen LogP contribution in [0.15, 0.2) is 18.7 Å². The lowest BCUT2D eigenvalue weighted by Gasteiger charge is -2.22. The minimum absolute atomic E-state index is 0.115. The maximum absolute atomic E-state index is 9.00. The Labute approximate surface area is 78.0 Å². The first-order valence-electron chi connectivity index (χ1n) is 4.24. The van der Waals surface area contributed by atoms with Gasteiger partial charge in [0.1, 0.15) is 6.33 Å². The summed E-state index contributed by atoms with van der Waals surface area (Å²) in [5.41, 5.74) is 0.763. The monoisotopic (exact) mass is 181 g/mol. The molecule has 0 radical (unpaired) electrons. The Morgan fingerprint density at radius 3 is 2.54 bits per heavy atom. The third kappa shape index (κ3) is 3.38. The van der Waals surface area contributed by atoms with E-state index in [2.05, 4.69) is 15.3 Å². The van der Waals surface area contributed by atoms with Crippen molar-refractivity contribution in [3.05, 3.63) is 18.7 Å². The second-order valence-corrected chi connectivity index (χ2v) is 3.80. The molecule has 0 aliphatic heterocycles. The molecule has 1 rings (SSSR count). The Bertz CT molecular complexity index is 248. The van der Waals surface area contributed by atoms with Gasteiger partial charge in [-0.2, -0.15) is 0 Å². The van der Waals surface area contributed by atoms with Gasteiger partial charge in [-0.15, -0.1) is 0 Å². The molecule has 13 heavy (non-hydrogen) atoms. The van der Waals surface area contributed by atoms with E-state index in [1.54, 1.807) is 12.4 Å². The smallest absolute Gasteiger partial charge is 0.115 e. The highest BCUT2D eigenvalue weighted by atomic mass is 16.3. The Kier molecular flexibility index (Phi) is 3.19. The minimum atomic E-state index is -0.115. The van der Waals surface area contributed by atoms with Gasteiger partial charge in [0.15, 0.2) is 0 Å². The highest BCUT2D eigenvalue weighted by molar-refractivity contribution is 5.37. The van der Waals surface area contributed by atoms with E-state index in [-0.39, 0.29) is 12.0 Å². The zero-order valence-electron chi connectivity index (χ0n) is 7.99. The molecule has 0 bridgehead atoms. The van der Waals surface area contributed by atoms with Crippen LogP contribution in [0.25, 0.3) is 0 Å². The summed E-state index contributed by atoms with van der Waals surface area (Å²) in [6.07, 6.45) is 4.91. The van der Waals surface area contributed by atoms with Gasteiger partial charge in [0.05, 0.1) is 18.1 Å². The quantitative estimate of drug-likeness (QED) is 0.724. The van der Waals surface area contributed by atoms with Crippen LogP contribution in [-0.4, -0.2) is 28.2 Å². The van der Waals surface area contributed by atoms with Gasteiger partial charge < -0.3 is 10.4 Å². The van der Waals surface area contributed by atoms with Crippen LogP contribution in [0.2, 0.25) is 0 Å². The fraction of sp³-hybridized carbons (Fsp3) is 0.556.